The summed E-state index contributed by atoms with van der Waals surface area (Å²) in [7, 11) is 0. The number of fused-ring (bicyclic) bond motifs is 1. The van der Waals surface area contributed by atoms with E-state index in [4.69, 9.17) is 11.6 Å². The third-order valence-corrected chi connectivity index (χ3v) is 4.89. The minimum atomic E-state index is -0.237. The number of hydrogen-bond donors (Lipinski definition) is 1. The lowest BCUT2D eigenvalue weighted by atomic mass is 10.2. The van der Waals surface area contributed by atoms with Crippen LogP contribution in [0.5, 0.6) is 0 Å². The van der Waals surface area contributed by atoms with E-state index in [9.17, 15) is 9.59 Å². The number of amides is 1. The normalized spacial score (nSPS) is 11.0. The van der Waals surface area contributed by atoms with Crippen molar-refractivity contribution in [2.45, 2.75) is 19.9 Å². The van der Waals surface area contributed by atoms with E-state index in [1.54, 1.807) is 28.9 Å². The maximum Gasteiger partial charge on any atom is 0.264 e. The largest absolute Gasteiger partial charge is 0.325 e. The zero-order valence-corrected chi connectivity index (χ0v) is 16.4. The van der Waals surface area contributed by atoms with Crippen LogP contribution in [-0.2, 0) is 11.3 Å². The van der Waals surface area contributed by atoms with Crippen LogP contribution in [-0.4, -0.2) is 25.2 Å². The Bertz CT molecular complexity index is 1240. The molecule has 4 aromatic rings. The molecular weight excluding hydrogens is 390 g/mol. The maximum atomic E-state index is 12.8. The smallest absolute Gasteiger partial charge is 0.264 e. The van der Waals surface area contributed by atoms with Gasteiger partial charge >= 0.3 is 0 Å². The summed E-state index contributed by atoms with van der Waals surface area (Å²) in [4.78, 5) is 29.4. The standard InChI is InChI=1S/C21H18ClN5O2/c1-14-6-8-15(9-7-14)27-20-16(12-24-27)21(29)26(13-23-20)11-10-19(28)25-18-5-3-2-4-17(18)22/h2-9,12-13H,10-11H2,1H3,(H,25,28). The van der Waals surface area contributed by atoms with Crippen LogP contribution in [0.2, 0.25) is 5.02 Å². The first-order valence-corrected chi connectivity index (χ1v) is 9.45. The van der Waals surface area contributed by atoms with E-state index in [1.165, 1.54) is 17.1 Å². The van der Waals surface area contributed by atoms with Crippen LogP contribution in [0.25, 0.3) is 16.7 Å². The summed E-state index contributed by atoms with van der Waals surface area (Å²) in [6.07, 6.45) is 3.06. The van der Waals surface area contributed by atoms with Crippen molar-refractivity contribution in [3.63, 3.8) is 0 Å². The number of carbonyl (C=O) groups is 1. The first kappa shape index (κ1) is 18.9. The molecule has 0 saturated heterocycles. The molecule has 2 heterocycles. The molecule has 0 bridgehead atoms. The van der Waals surface area contributed by atoms with Gasteiger partial charge < -0.3 is 5.32 Å². The van der Waals surface area contributed by atoms with Gasteiger partial charge in [-0.25, -0.2) is 9.67 Å². The first-order valence-electron chi connectivity index (χ1n) is 9.07. The average molecular weight is 408 g/mol. The molecule has 2 aromatic carbocycles. The SMILES string of the molecule is Cc1ccc(-n2ncc3c(=O)n(CCC(=O)Nc4ccccc4Cl)cnc32)cc1. The third-order valence-electron chi connectivity index (χ3n) is 4.56. The number of rotatable bonds is 5. The van der Waals surface area contributed by atoms with Gasteiger partial charge in [-0.15, -0.1) is 0 Å². The molecule has 7 nitrogen and oxygen atoms in total. The van der Waals surface area contributed by atoms with Crippen molar-refractivity contribution in [3.8, 4) is 5.69 Å². The van der Waals surface area contributed by atoms with E-state index in [2.05, 4.69) is 15.4 Å². The molecule has 0 spiro atoms. The van der Waals surface area contributed by atoms with Crippen molar-refractivity contribution in [1.82, 2.24) is 19.3 Å². The van der Waals surface area contributed by atoms with Crippen molar-refractivity contribution in [1.29, 1.82) is 0 Å². The summed E-state index contributed by atoms with van der Waals surface area (Å²) in [5, 5.41) is 7.91. The maximum absolute atomic E-state index is 12.8. The first-order chi connectivity index (χ1) is 14.0. The second kappa shape index (κ2) is 7.89. The number of nitrogens with zero attached hydrogens (tertiary/aromatic N) is 4. The fourth-order valence-corrected chi connectivity index (χ4v) is 3.16. The summed E-state index contributed by atoms with van der Waals surface area (Å²) >= 11 is 6.05. The van der Waals surface area contributed by atoms with Gasteiger partial charge in [0, 0.05) is 13.0 Å². The molecular formula is C21H18ClN5O2. The monoisotopic (exact) mass is 407 g/mol. The number of para-hydroxylation sites is 1. The predicted molar refractivity (Wildman–Crippen MR) is 113 cm³/mol. The summed E-state index contributed by atoms with van der Waals surface area (Å²) in [5.74, 6) is -0.236. The van der Waals surface area contributed by atoms with Gasteiger partial charge in [0.2, 0.25) is 5.91 Å². The molecule has 4 rings (SSSR count). The van der Waals surface area contributed by atoms with Crippen LogP contribution >= 0.6 is 11.6 Å². The molecule has 8 heteroatoms. The van der Waals surface area contributed by atoms with Crippen LogP contribution in [0.1, 0.15) is 12.0 Å². The second-order valence-electron chi connectivity index (χ2n) is 6.65. The highest BCUT2D eigenvalue weighted by molar-refractivity contribution is 6.33. The van der Waals surface area contributed by atoms with Gasteiger partial charge in [-0.1, -0.05) is 41.4 Å². The molecule has 2 aromatic heterocycles. The molecule has 1 N–H and O–H groups in total. The van der Waals surface area contributed by atoms with E-state index in [0.717, 1.165) is 11.3 Å². The zero-order chi connectivity index (χ0) is 20.4. The zero-order valence-electron chi connectivity index (χ0n) is 15.7. The Labute approximate surface area is 171 Å². The van der Waals surface area contributed by atoms with Crippen LogP contribution < -0.4 is 10.9 Å². The Kier molecular flexibility index (Phi) is 5.14. The highest BCUT2D eigenvalue weighted by Gasteiger charge is 2.12. The van der Waals surface area contributed by atoms with Crippen LogP contribution in [0.3, 0.4) is 0 Å². The lowest BCUT2D eigenvalue weighted by molar-refractivity contribution is -0.116. The van der Waals surface area contributed by atoms with E-state index in [1.807, 2.05) is 31.2 Å². The minimum absolute atomic E-state index is 0.115. The summed E-state index contributed by atoms with van der Waals surface area (Å²) in [6, 6.07) is 14.8. The van der Waals surface area contributed by atoms with Gasteiger partial charge in [0.1, 0.15) is 5.39 Å². The molecule has 0 aliphatic heterocycles. The molecule has 0 aliphatic rings. The lowest BCUT2D eigenvalue weighted by Crippen LogP contribution is -2.23. The van der Waals surface area contributed by atoms with Crippen molar-refractivity contribution in [2.24, 2.45) is 0 Å². The second-order valence-corrected chi connectivity index (χ2v) is 7.06. The fraction of sp³-hybridized carbons (Fsp3) is 0.143. The van der Waals surface area contributed by atoms with E-state index >= 15 is 0 Å². The molecule has 0 fully saturated rings. The van der Waals surface area contributed by atoms with Gasteiger partial charge in [-0.3, -0.25) is 14.2 Å². The molecule has 0 aliphatic carbocycles. The van der Waals surface area contributed by atoms with E-state index in [-0.39, 0.29) is 24.4 Å². The number of hydrogen-bond acceptors (Lipinski definition) is 4. The van der Waals surface area contributed by atoms with Crippen molar-refractivity contribution < 1.29 is 4.79 Å². The van der Waals surface area contributed by atoms with Crippen molar-refractivity contribution in [2.75, 3.05) is 5.32 Å². The number of aromatic nitrogens is 4. The molecule has 0 atom stereocenters. The molecule has 0 radical (unpaired) electrons. The van der Waals surface area contributed by atoms with Crippen LogP contribution in [0.4, 0.5) is 5.69 Å². The minimum Gasteiger partial charge on any atom is -0.325 e. The molecule has 1 amide bonds. The van der Waals surface area contributed by atoms with Crippen molar-refractivity contribution in [3.05, 3.63) is 82.0 Å². The van der Waals surface area contributed by atoms with Gasteiger partial charge in [-0.05, 0) is 31.2 Å². The van der Waals surface area contributed by atoms with E-state index < -0.39 is 0 Å². The number of aryl methyl sites for hydroxylation is 2. The topological polar surface area (TPSA) is 81.8 Å². The van der Waals surface area contributed by atoms with Crippen LogP contribution in [0, 0.1) is 6.92 Å². The average Bonchev–Trinajstić information content (AvgIpc) is 3.15. The Morgan fingerprint density at radius 3 is 2.66 bits per heavy atom. The Morgan fingerprint density at radius 1 is 1.14 bits per heavy atom. The predicted octanol–water partition coefficient (Wildman–Crippen LogP) is 3.57. The van der Waals surface area contributed by atoms with Gasteiger partial charge in [0.15, 0.2) is 5.65 Å². The van der Waals surface area contributed by atoms with Crippen LogP contribution in [0.15, 0.2) is 65.8 Å². The number of benzene rings is 2. The van der Waals surface area contributed by atoms with Gasteiger partial charge in [-0.2, -0.15) is 5.10 Å². The lowest BCUT2D eigenvalue weighted by Gasteiger charge is -2.08. The third kappa shape index (κ3) is 3.90. The fourth-order valence-electron chi connectivity index (χ4n) is 2.98. The number of nitrogens with one attached hydrogen (secondary N) is 1. The summed E-state index contributed by atoms with van der Waals surface area (Å²) in [6.45, 7) is 2.21. The molecule has 0 unspecified atom stereocenters. The Balaban J connectivity index is 1.52. The van der Waals surface area contributed by atoms with E-state index in [0.29, 0.717) is 21.7 Å². The molecule has 146 valence electrons. The number of halogens is 1. The van der Waals surface area contributed by atoms with Gasteiger partial charge in [0.05, 0.1) is 28.9 Å². The Morgan fingerprint density at radius 2 is 1.90 bits per heavy atom. The Hall–Kier alpha value is -3.45. The highest BCUT2D eigenvalue weighted by atomic mass is 35.5. The molecule has 0 saturated carbocycles. The number of carbonyl (C=O) groups excluding carboxylic acids is 1. The number of anilines is 1. The summed E-state index contributed by atoms with van der Waals surface area (Å²) in [5.41, 5.74) is 2.75. The van der Waals surface area contributed by atoms with Gasteiger partial charge in [0.25, 0.3) is 5.56 Å². The van der Waals surface area contributed by atoms with Crippen molar-refractivity contribution >= 4 is 34.2 Å². The highest BCUT2D eigenvalue weighted by Crippen LogP contribution is 2.20. The summed E-state index contributed by atoms with van der Waals surface area (Å²) < 4.78 is 3.04. The molecule has 29 heavy (non-hydrogen) atoms. The quantitative estimate of drug-likeness (QED) is 0.548.